The van der Waals surface area contributed by atoms with Crippen molar-refractivity contribution in [3.8, 4) is 0 Å². The fourth-order valence-electron chi connectivity index (χ4n) is 2.56. The zero-order valence-electron chi connectivity index (χ0n) is 10.9. The highest BCUT2D eigenvalue weighted by Crippen LogP contribution is 2.25. The SMILES string of the molecule is CC(C)CN(CC1CCCC1N)C(C)C. The van der Waals surface area contributed by atoms with E-state index in [1.54, 1.807) is 0 Å². The van der Waals surface area contributed by atoms with Gasteiger partial charge in [0.25, 0.3) is 0 Å². The maximum Gasteiger partial charge on any atom is 0.00793 e. The molecule has 0 bridgehead atoms. The third kappa shape index (κ3) is 4.12. The van der Waals surface area contributed by atoms with Crippen molar-refractivity contribution < 1.29 is 0 Å². The van der Waals surface area contributed by atoms with Crippen molar-refractivity contribution in [2.75, 3.05) is 13.1 Å². The van der Waals surface area contributed by atoms with Gasteiger partial charge in [-0.1, -0.05) is 20.3 Å². The van der Waals surface area contributed by atoms with Crippen molar-refractivity contribution >= 4 is 0 Å². The largest absolute Gasteiger partial charge is 0.327 e. The van der Waals surface area contributed by atoms with Crippen LogP contribution in [0.3, 0.4) is 0 Å². The Morgan fingerprint density at radius 3 is 2.27 bits per heavy atom. The van der Waals surface area contributed by atoms with Gasteiger partial charge < -0.3 is 10.6 Å². The van der Waals surface area contributed by atoms with Crippen molar-refractivity contribution in [3.05, 3.63) is 0 Å². The van der Waals surface area contributed by atoms with Gasteiger partial charge in [0.1, 0.15) is 0 Å². The maximum absolute atomic E-state index is 6.13. The molecule has 0 radical (unpaired) electrons. The van der Waals surface area contributed by atoms with E-state index in [-0.39, 0.29) is 0 Å². The molecule has 0 heterocycles. The molecule has 0 spiro atoms. The van der Waals surface area contributed by atoms with Gasteiger partial charge >= 0.3 is 0 Å². The number of nitrogens with two attached hydrogens (primary N) is 1. The highest BCUT2D eigenvalue weighted by Gasteiger charge is 2.26. The van der Waals surface area contributed by atoms with E-state index in [2.05, 4.69) is 32.6 Å². The third-order valence-corrected chi connectivity index (χ3v) is 3.52. The minimum Gasteiger partial charge on any atom is -0.327 e. The number of nitrogens with zero attached hydrogens (tertiary/aromatic N) is 1. The summed E-state index contributed by atoms with van der Waals surface area (Å²) in [5.41, 5.74) is 6.13. The van der Waals surface area contributed by atoms with Gasteiger partial charge in [-0.3, -0.25) is 0 Å². The van der Waals surface area contributed by atoms with Crippen LogP contribution in [-0.2, 0) is 0 Å². The highest BCUT2D eigenvalue weighted by molar-refractivity contribution is 4.83. The summed E-state index contributed by atoms with van der Waals surface area (Å²) in [6, 6.07) is 1.11. The minimum atomic E-state index is 0.457. The van der Waals surface area contributed by atoms with Crippen LogP contribution in [0.2, 0.25) is 0 Å². The van der Waals surface area contributed by atoms with E-state index < -0.39 is 0 Å². The van der Waals surface area contributed by atoms with E-state index in [1.807, 2.05) is 0 Å². The topological polar surface area (TPSA) is 29.3 Å². The molecule has 0 amide bonds. The molecule has 1 fully saturated rings. The molecule has 2 unspecified atom stereocenters. The predicted octanol–water partition coefficient (Wildman–Crippen LogP) is 2.48. The van der Waals surface area contributed by atoms with Crippen LogP contribution >= 0.6 is 0 Å². The van der Waals surface area contributed by atoms with Gasteiger partial charge in [-0.25, -0.2) is 0 Å². The van der Waals surface area contributed by atoms with Crippen LogP contribution in [0.1, 0.15) is 47.0 Å². The molecule has 2 heteroatoms. The molecule has 1 aliphatic carbocycles. The molecule has 0 saturated heterocycles. The number of rotatable bonds is 5. The van der Waals surface area contributed by atoms with Gasteiger partial charge in [0.15, 0.2) is 0 Å². The Hall–Kier alpha value is -0.0800. The van der Waals surface area contributed by atoms with Gasteiger partial charge in [0.05, 0.1) is 0 Å². The standard InChI is InChI=1S/C13H28N2/c1-10(2)8-15(11(3)4)9-12-6-5-7-13(12)14/h10-13H,5-9,14H2,1-4H3. The summed E-state index contributed by atoms with van der Waals surface area (Å²) in [6.45, 7) is 11.6. The second-order valence-corrected chi connectivity index (χ2v) is 5.80. The Labute approximate surface area is 95.2 Å². The first kappa shape index (κ1) is 13.0. The molecule has 1 rings (SSSR count). The van der Waals surface area contributed by atoms with E-state index in [0.717, 1.165) is 11.8 Å². The lowest BCUT2D eigenvalue weighted by molar-refractivity contribution is 0.163. The molecule has 90 valence electrons. The average molecular weight is 212 g/mol. The normalized spacial score (nSPS) is 27.2. The molecule has 0 aromatic heterocycles. The van der Waals surface area contributed by atoms with Crippen molar-refractivity contribution in [1.29, 1.82) is 0 Å². The molecule has 2 atom stereocenters. The minimum absolute atomic E-state index is 0.457. The fourth-order valence-corrected chi connectivity index (χ4v) is 2.56. The van der Waals surface area contributed by atoms with E-state index in [4.69, 9.17) is 5.73 Å². The summed E-state index contributed by atoms with van der Waals surface area (Å²) >= 11 is 0. The Kier molecular flexibility index (Phi) is 5.07. The number of hydrogen-bond acceptors (Lipinski definition) is 2. The van der Waals surface area contributed by atoms with Crippen molar-refractivity contribution in [2.45, 2.75) is 59.0 Å². The first-order chi connectivity index (χ1) is 7.00. The fraction of sp³-hybridized carbons (Fsp3) is 1.00. The van der Waals surface area contributed by atoms with E-state index in [1.165, 1.54) is 32.4 Å². The van der Waals surface area contributed by atoms with Gasteiger partial charge in [-0.2, -0.15) is 0 Å². The summed E-state index contributed by atoms with van der Waals surface area (Å²) in [5, 5.41) is 0. The lowest BCUT2D eigenvalue weighted by Crippen LogP contribution is -2.41. The summed E-state index contributed by atoms with van der Waals surface area (Å²) in [7, 11) is 0. The molecule has 0 aliphatic heterocycles. The maximum atomic E-state index is 6.13. The van der Waals surface area contributed by atoms with Crippen LogP contribution in [0.5, 0.6) is 0 Å². The molecule has 1 aliphatic rings. The molecular weight excluding hydrogens is 184 g/mol. The van der Waals surface area contributed by atoms with Crippen LogP contribution in [0.4, 0.5) is 0 Å². The summed E-state index contributed by atoms with van der Waals surface area (Å²) in [6.07, 6.45) is 3.90. The lowest BCUT2D eigenvalue weighted by Gasteiger charge is -2.32. The molecule has 0 aromatic rings. The van der Waals surface area contributed by atoms with Crippen molar-refractivity contribution in [2.24, 2.45) is 17.6 Å². The molecule has 2 nitrogen and oxygen atoms in total. The lowest BCUT2D eigenvalue weighted by atomic mass is 10.0. The summed E-state index contributed by atoms with van der Waals surface area (Å²) < 4.78 is 0. The molecule has 2 N–H and O–H groups in total. The molecule has 1 saturated carbocycles. The van der Waals surface area contributed by atoms with Gasteiger partial charge in [-0.15, -0.1) is 0 Å². The van der Waals surface area contributed by atoms with E-state index >= 15 is 0 Å². The second-order valence-electron chi connectivity index (χ2n) is 5.80. The Balaban J connectivity index is 2.43. The first-order valence-electron chi connectivity index (χ1n) is 6.50. The second kappa shape index (κ2) is 5.86. The van der Waals surface area contributed by atoms with Crippen LogP contribution in [0, 0.1) is 11.8 Å². The Morgan fingerprint density at radius 2 is 1.87 bits per heavy atom. The van der Waals surface area contributed by atoms with Crippen LogP contribution in [-0.4, -0.2) is 30.1 Å². The summed E-state index contributed by atoms with van der Waals surface area (Å²) in [5.74, 6) is 1.50. The Bertz CT molecular complexity index is 177. The monoisotopic (exact) mass is 212 g/mol. The molecular formula is C13H28N2. The smallest absolute Gasteiger partial charge is 0.00793 e. The molecule has 0 aromatic carbocycles. The zero-order chi connectivity index (χ0) is 11.4. The van der Waals surface area contributed by atoms with E-state index in [9.17, 15) is 0 Å². The Morgan fingerprint density at radius 1 is 1.20 bits per heavy atom. The average Bonchev–Trinajstić information content (AvgIpc) is 2.50. The molecule has 15 heavy (non-hydrogen) atoms. The zero-order valence-corrected chi connectivity index (χ0v) is 10.9. The van der Waals surface area contributed by atoms with E-state index in [0.29, 0.717) is 12.1 Å². The number of hydrogen-bond donors (Lipinski definition) is 1. The van der Waals surface area contributed by atoms with Crippen LogP contribution in [0.25, 0.3) is 0 Å². The summed E-state index contributed by atoms with van der Waals surface area (Å²) in [4.78, 5) is 2.60. The van der Waals surface area contributed by atoms with Crippen LogP contribution < -0.4 is 5.73 Å². The van der Waals surface area contributed by atoms with Gasteiger partial charge in [0, 0.05) is 25.2 Å². The van der Waals surface area contributed by atoms with Crippen molar-refractivity contribution in [3.63, 3.8) is 0 Å². The quantitative estimate of drug-likeness (QED) is 0.758. The first-order valence-corrected chi connectivity index (χ1v) is 6.50. The third-order valence-electron chi connectivity index (χ3n) is 3.52. The van der Waals surface area contributed by atoms with Crippen molar-refractivity contribution in [1.82, 2.24) is 4.90 Å². The van der Waals surface area contributed by atoms with Crippen LogP contribution in [0.15, 0.2) is 0 Å². The van der Waals surface area contributed by atoms with Gasteiger partial charge in [-0.05, 0) is 38.5 Å². The van der Waals surface area contributed by atoms with Gasteiger partial charge in [0.2, 0.25) is 0 Å². The highest BCUT2D eigenvalue weighted by atomic mass is 15.1. The predicted molar refractivity (Wildman–Crippen MR) is 66.9 cm³/mol.